The van der Waals surface area contributed by atoms with Gasteiger partial charge in [-0.2, -0.15) is 0 Å². The van der Waals surface area contributed by atoms with E-state index < -0.39 is 6.10 Å². The summed E-state index contributed by atoms with van der Waals surface area (Å²) in [6, 6.07) is 17.0. The second-order valence-corrected chi connectivity index (χ2v) is 7.45. The van der Waals surface area contributed by atoms with Crippen molar-refractivity contribution in [2.45, 2.75) is 38.0 Å². The number of hydrogen-bond donors (Lipinski definition) is 1. The summed E-state index contributed by atoms with van der Waals surface area (Å²) in [5.41, 5.74) is 2.27. The summed E-state index contributed by atoms with van der Waals surface area (Å²) < 4.78 is 2.19. The van der Waals surface area contributed by atoms with Crippen molar-refractivity contribution >= 4 is 27.7 Å². The van der Waals surface area contributed by atoms with E-state index in [0.29, 0.717) is 19.1 Å². The normalized spacial score (nSPS) is 23.9. The number of β-amino-alcohol motifs (C(OH)–C–C–N with tert-alkyl or cyclic N) is 1. The number of amides is 1. The van der Waals surface area contributed by atoms with Crippen LogP contribution in [0.25, 0.3) is 21.8 Å². The van der Waals surface area contributed by atoms with E-state index in [9.17, 15) is 9.90 Å². The van der Waals surface area contributed by atoms with Crippen LogP contribution in [0.5, 0.6) is 0 Å². The van der Waals surface area contributed by atoms with Crippen LogP contribution in [0.4, 0.5) is 0 Å². The number of fused-ring (bicyclic) bond motifs is 5. The Hall–Kier alpha value is -2.33. The smallest absolute Gasteiger partial charge is 0.226 e. The zero-order chi connectivity index (χ0) is 17.0. The van der Waals surface area contributed by atoms with Crippen LogP contribution in [0.2, 0.25) is 0 Å². The fourth-order valence-corrected chi connectivity index (χ4v) is 4.81. The Kier molecular flexibility index (Phi) is 3.35. The van der Waals surface area contributed by atoms with Crippen molar-refractivity contribution in [3.05, 3.63) is 48.5 Å². The molecule has 1 aliphatic heterocycles. The molecule has 25 heavy (non-hydrogen) atoms. The van der Waals surface area contributed by atoms with Crippen molar-refractivity contribution in [3.63, 3.8) is 0 Å². The lowest BCUT2D eigenvalue weighted by Crippen LogP contribution is -2.43. The summed E-state index contributed by atoms with van der Waals surface area (Å²) in [7, 11) is 0. The van der Waals surface area contributed by atoms with Crippen molar-refractivity contribution in [1.29, 1.82) is 0 Å². The second kappa shape index (κ2) is 5.60. The Bertz CT molecular complexity index is 908. The third-order valence-corrected chi connectivity index (χ3v) is 5.96. The number of benzene rings is 2. The van der Waals surface area contributed by atoms with Gasteiger partial charge in [-0.3, -0.25) is 4.79 Å². The maximum Gasteiger partial charge on any atom is 0.226 e. The Labute approximate surface area is 146 Å². The second-order valence-electron chi connectivity index (χ2n) is 7.45. The van der Waals surface area contributed by atoms with Crippen molar-refractivity contribution in [2.75, 3.05) is 6.54 Å². The predicted octanol–water partition coefficient (Wildman–Crippen LogP) is 3.17. The predicted molar refractivity (Wildman–Crippen MR) is 98.3 cm³/mol. The number of rotatable bonds is 4. The molecule has 0 radical (unpaired) electrons. The number of carbonyl (C=O) groups is 1. The highest BCUT2D eigenvalue weighted by Crippen LogP contribution is 2.38. The third kappa shape index (κ3) is 2.28. The molecular weight excluding hydrogens is 312 g/mol. The molecule has 3 atom stereocenters. The zero-order valence-electron chi connectivity index (χ0n) is 14.1. The quantitative estimate of drug-likeness (QED) is 0.796. The van der Waals surface area contributed by atoms with E-state index >= 15 is 0 Å². The lowest BCUT2D eigenvalue weighted by atomic mass is 10.1. The lowest BCUT2D eigenvalue weighted by molar-refractivity contribution is -0.135. The molecule has 2 fully saturated rings. The Morgan fingerprint density at radius 1 is 0.960 bits per heavy atom. The van der Waals surface area contributed by atoms with Crippen LogP contribution in [0.1, 0.15) is 19.3 Å². The van der Waals surface area contributed by atoms with E-state index in [1.807, 2.05) is 17.0 Å². The van der Waals surface area contributed by atoms with E-state index in [0.717, 1.165) is 30.3 Å². The molecule has 1 saturated carbocycles. The van der Waals surface area contributed by atoms with Crippen molar-refractivity contribution in [1.82, 2.24) is 9.47 Å². The van der Waals surface area contributed by atoms with Crippen LogP contribution in [-0.2, 0) is 11.3 Å². The van der Waals surface area contributed by atoms with Gasteiger partial charge in [0.25, 0.3) is 0 Å². The number of aliphatic hydroxyl groups excluding tert-OH is 1. The number of hydrogen-bond acceptors (Lipinski definition) is 2. The molecular formula is C21H22N2O2. The molecule has 3 aromatic rings. The van der Waals surface area contributed by atoms with Crippen LogP contribution in [-0.4, -0.2) is 39.2 Å². The van der Waals surface area contributed by atoms with E-state index in [1.165, 1.54) is 10.8 Å². The summed E-state index contributed by atoms with van der Waals surface area (Å²) in [5, 5.41) is 13.2. The van der Waals surface area contributed by atoms with Gasteiger partial charge in [0.15, 0.2) is 0 Å². The standard InChI is InChI=1S/C21H22N2O2/c24-16(12-22-15-10-9-14(11-15)21(22)25)13-23-19-7-3-1-5-17(19)18-6-2-4-8-20(18)23/h1-8,14-16,24H,9-13H2/t14-,15+,16-/m1/s1. The first-order valence-corrected chi connectivity index (χ1v) is 9.17. The maximum absolute atomic E-state index is 12.3. The van der Waals surface area contributed by atoms with Crippen molar-refractivity contribution in [2.24, 2.45) is 5.92 Å². The molecule has 128 valence electrons. The monoisotopic (exact) mass is 334 g/mol. The van der Waals surface area contributed by atoms with E-state index in [-0.39, 0.29) is 11.8 Å². The first-order valence-electron chi connectivity index (χ1n) is 9.17. The molecule has 1 N–H and O–H groups in total. The summed E-state index contributed by atoms with van der Waals surface area (Å²) in [4.78, 5) is 14.3. The van der Waals surface area contributed by atoms with Gasteiger partial charge < -0.3 is 14.6 Å². The topological polar surface area (TPSA) is 45.5 Å². The van der Waals surface area contributed by atoms with Gasteiger partial charge in [-0.15, -0.1) is 0 Å². The number of aromatic nitrogens is 1. The number of likely N-dealkylation sites (tertiary alicyclic amines) is 1. The van der Waals surface area contributed by atoms with Crippen LogP contribution in [0.3, 0.4) is 0 Å². The van der Waals surface area contributed by atoms with Crippen LogP contribution in [0, 0.1) is 5.92 Å². The first kappa shape index (κ1) is 15.0. The average molecular weight is 334 g/mol. The Morgan fingerprint density at radius 3 is 2.20 bits per heavy atom. The summed E-state index contributed by atoms with van der Waals surface area (Å²) in [6.07, 6.45) is 2.56. The molecule has 2 bridgehead atoms. The van der Waals surface area contributed by atoms with Gasteiger partial charge in [-0.25, -0.2) is 0 Å². The zero-order valence-corrected chi connectivity index (χ0v) is 14.1. The molecule has 2 aliphatic rings. The highest BCUT2D eigenvalue weighted by molar-refractivity contribution is 6.07. The van der Waals surface area contributed by atoms with Gasteiger partial charge in [-0.05, 0) is 31.4 Å². The summed E-state index contributed by atoms with van der Waals surface area (Å²) >= 11 is 0. The minimum absolute atomic E-state index is 0.213. The minimum atomic E-state index is -0.553. The van der Waals surface area contributed by atoms with Gasteiger partial charge in [-0.1, -0.05) is 36.4 Å². The van der Waals surface area contributed by atoms with E-state index in [1.54, 1.807) is 0 Å². The SMILES string of the molecule is O=C1[C@@H]2CC[C@@H](C2)N1C[C@@H](O)Cn1c2ccccc2c2ccccc21. The summed E-state index contributed by atoms with van der Waals surface area (Å²) in [6.45, 7) is 0.954. The molecule has 4 nitrogen and oxygen atoms in total. The highest BCUT2D eigenvalue weighted by Gasteiger charge is 2.44. The molecule has 1 saturated heterocycles. The van der Waals surface area contributed by atoms with Gasteiger partial charge in [0.05, 0.1) is 12.6 Å². The lowest BCUT2D eigenvalue weighted by Gasteiger charge is -2.29. The number of nitrogens with zero attached hydrogens (tertiary/aromatic N) is 2. The fraction of sp³-hybridized carbons (Fsp3) is 0.381. The maximum atomic E-state index is 12.3. The molecule has 1 aromatic heterocycles. The van der Waals surface area contributed by atoms with Gasteiger partial charge >= 0.3 is 0 Å². The molecule has 4 heteroatoms. The molecule has 1 amide bonds. The van der Waals surface area contributed by atoms with Gasteiger partial charge in [0.1, 0.15) is 0 Å². The third-order valence-electron chi connectivity index (χ3n) is 5.96. The number of aliphatic hydroxyl groups is 1. The molecule has 5 rings (SSSR count). The minimum Gasteiger partial charge on any atom is -0.389 e. The van der Waals surface area contributed by atoms with Crippen LogP contribution < -0.4 is 0 Å². The number of para-hydroxylation sites is 2. The average Bonchev–Trinajstić information content (AvgIpc) is 3.31. The largest absolute Gasteiger partial charge is 0.389 e. The Morgan fingerprint density at radius 2 is 1.60 bits per heavy atom. The number of piperidine rings is 1. The molecule has 1 aliphatic carbocycles. The van der Waals surface area contributed by atoms with E-state index in [4.69, 9.17) is 0 Å². The summed E-state index contributed by atoms with van der Waals surface area (Å²) in [5.74, 6) is 0.461. The molecule has 2 heterocycles. The van der Waals surface area contributed by atoms with Gasteiger partial charge in [0.2, 0.25) is 5.91 Å². The Balaban J connectivity index is 1.46. The number of carbonyl (C=O) groups excluding carboxylic acids is 1. The van der Waals surface area contributed by atoms with Crippen LogP contribution in [0.15, 0.2) is 48.5 Å². The van der Waals surface area contributed by atoms with Crippen molar-refractivity contribution < 1.29 is 9.90 Å². The molecule has 0 unspecified atom stereocenters. The first-order chi connectivity index (χ1) is 12.2. The van der Waals surface area contributed by atoms with Crippen LogP contribution >= 0.6 is 0 Å². The van der Waals surface area contributed by atoms with Crippen molar-refractivity contribution in [3.8, 4) is 0 Å². The molecule has 2 aromatic carbocycles. The van der Waals surface area contributed by atoms with Gasteiger partial charge in [0, 0.05) is 40.3 Å². The van der Waals surface area contributed by atoms with E-state index in [2.05, 4.69) is 41.0 Å². The molecule has 0 spiro atoms. The fourth-order valence-electron chi connectivity index (χ4n) is 4.81. The highest BCUT2D eigenvalue weighted by atomic mass is 16.3.